The van der Waals surface area contributed by atoms with Crippen molar-refractivity contribution in [2.24, 2.45) is 0 Å². The van der Waals surface area contributed by atoms with E-state index >= 15 is 0 Å². The van der Waals surface area contributed by atoms with E-state index in [1.807, 2.05) is 47.4 Å². The van der Waals surface area contributed by atoms with Gasteiger partial charge >= 0.3 is 0 Å². The number of benzene rings is 2. The minimum absolute atomic E-state index is 0.0464. The second-order valence-electron chi connectivity index (χ2n) is 9.68. The lowest BCUT2D eigenvalue weighted by Gasteiger charge is -2.38. The molecule has 2 aliphatic rings. The van der Waals surface area contributed by atoms with E-state index in [2.05, 4.69) is 34.5 Å². The summed E-state index contributed by atoms with van der Waals surface area (Å²) in [5.41, 5.74) is 2.24. The van der Waals surface area contributed by atoms with Gasteiger partial charge in [0.05, 0.1) is 13.1 Å². The van der Waals surface area contributed by atoms with E-state index < -0.39 is 0 Å². The number of hydrogen-bond donors (Lipinski definition) is 2. The zero-order valence-electron chi connectivity index (χ0n) is 20.7. The molecule has 3 unspecified atom stereocenters. The van der Waals surface area contributed by atoms with E-state index in [1.54, 1.807) is 11.0 Å². The fraction of sp³-hybridized carbons (Fsp3) is 0.448. The minimum atomic E-state index is 0.0464. The van der Waals surface area contributed by atoms with E-state index in [4.69, 9.17) is 0 Å². The molecule has 2 heterocycles. The number of fused-ring (bicyclic) bond motifs is 2. The molecular formula is C29H39N4O2+. The Bertz CT molecular complexity index is 963. The first-order chi connectivity index (χ1) is 17.2. The number of carbonyl (C=O) groups excluding carboxylic acids is 2. The molecule has 2 N–H and O–H groups in total. The van der Waals surface area contributed by atoms with Crippen LogP contribution in [0.2, 0.25) is 0 Å². The Balaban J connectivity index is 1.42. The Morgan fingerprint density at radius 1 is 0.886 bits per heavy atom. The first-order valence-electron chi connectivity index (χ1n) is 13.1. The molecule has 2 fully saturated rings. The second kappa shape index (κ2) is 13.2. The van der Waals surface area contributed by atoms with Crippen LogP contribution in [0.1, 0.15) is 49.3 Å². The van der Waals surface area contributed by atoms with Crippen molar-refractivity contribution in [2.45, 2.75) is 38.1 Å². The molecule has 6 heteroatoms. The van der Waals surface area contributed by atoms with Crippen molar-refractivity contribution in [1.82, 2.24) is 15.1 Å². The van der Waals surface area contributed by atoms with Crippen LogP contribution in [0.4, 0.5) is 0 Å². The summed E-state index contributed by atoms with van der Waals surface area (Å²) in [6.45, 7) is 6.28. The van der Waals surface area contributed by atoms with Gasteiger partial charge in [0.25, 0.3) is 0 Å². The van der Waals surface area contributed by atoms with Gasteiger partial charge in [-0.1, -0.05) is 60.7 Å². The Labute approximate surface area is 209 Å². The van der Waals surface area contributed by atoms with Crippen molar-refractivity contribution in [3.05, 3.63) is 77.9 Å². The van der Waals surface area contributed by atoms with Gasteiger partial charge in [-0.2, -0.15) is 0 Å². The van der Waals surface area contributed by atoms with Crippen molar-refractivity contribution in [3.63, 3.8) is 0 Å². The van der Waals surface area contributed by atoms with Crippen LogP contribution >= 0.6 is 0 Å². The second-order valence-corrected chi connectivity index (χ2v) is 9.68. The van der Waals surface area contributed by atoms with E-state index in [0.29, 0.717) is 19.5 Å². The summed E-state index contributed by atoms with van der Waals surface area (Å²) < 4.78 is 0. The fourth-order valence-corrected chi connectivity index (χ4v) is 5.17. The largest absolute Gasteiger partial charge is 0.356 e. The van der Waals surface area contributed by atoms with E-state index in [1.165, 1.54) is 12.1 Å². The monoisotopic (exact) mass is 475 g/mol. The van der Waals surface area contributed by atoms with Gasteiger partial charge in [-0.15, -0.1) is 0 Å². The van der Waals surface area contributed by atoms with Crippen LogP contribution in [0.25, 0.3) is 6.08 Å². The molecule has 4 rings (SSSR count). The van der Waals surface area contributed by atoms with E-state index in [-0.39, 0.29) is 17.9 Å². The molecule has 0 aromatic heterocycles. The van der Waals surface area contributed by atoms with Crippen LogP contribution in [0, 0.1) is 0 Å². The quantitative estimate of drug-likeness (QED) is 0.671. The lowest BCUT2D eigenvalue weighted by molar-refractivity contribution is -0.917. The summed E-state index contributed by atoms with van der Waals surface area (Å²) in [4.78, 5) is 31.9. The maximum absolute atomic E-state index is 12.9. The molecule has 2 amide bonds. The summed E-state index contributed by atoms with van der Waals surface area (Å²) in [5.74, 6) is 0.132. The molecule has 6 nitrogen and oxygen atoms in total. The Morgan fingerprint density at radius 3 is 2.40 bits per heavy atom. The molecule has 2 aromatic carbocycles. The highest BCUT2D eigenvalue weighted by Gasteiger charge is 2.29. The van der Waals surface area contributed by atoms with Gasteiger partial charge in [-0.05, 0) is 36.5 Å². The average molecular weight is 476 g/mol. The SMILES string of the molecule is O=C1CC(c2ccccc2)N2CCC[NH+](CCCCN(C(=O)C=Cc3ccccc3)CCCN1)C2. The molecule has 2 bridgehead atoms. The summed E-state index contributed by atoms with van der Waals surface area (Å²) in [5, 5.41) is 3.11. The highest BCUT2D eigenvalue weighted by molar-refractivity contribution is 5.91. The summed E-state index contributed by atoms with van der Waals surface area (Å²) in [6.07, 6.45) is 8.05. The lowest BCUT2D eigenvalue weighted by atomic mass is 10.0. The van der Waals surface area contributed by atoms with Gasteiger partial charge in [0, 0.05) is 51.1 Å². The number of carbonyl (C=O) groups is 2. The van der Waals surface area contributed by atoms with Gasteiger partial charge < -0.3 is 15.1 Å². The molecular weight excluding hydrogens is 436 g/mol. The number of amides is 2. The summed E-state index contributed by atoms with van der Waals surface area (Å²) in [6, 6.07) is 20.5. The minimum Gasteiger partial charge on any atom is -0.356 e. The molecule has 35 heavy (non-hydrogen) atoms. The maximum atomic E-state index is 12.9. The first-order valence-corrected chi connectivity index (χ1v) is 13.1. The van der Waals surface area contributed by atoms with Crippen molar-refractivity contribution < 1.29 is 14.5 Å². The third kappa shape index (κ3) is 7.77. The fourth-order valence-electron chi connectivity index (χ4n) is 5.17. The molecule has 2 saturated heterocycles. The zero-order valence-corrected chi connectivity index (χ0v) is 20.7. The summed E-state index contributed by atoms with van der Waals surface area (Å²) in [7, 11) is 0. The predicted octanol–water partition coefficient (Wildman–Crippen LogP) is 2.51. The molecule has 186 valence electrons. The molecule has 0 spiro atoms. The first kappa shape index (κ1) is 25.1. The topological polar surface area (TPSA) is 57.1 Å². The van der Waals surface area contributed by atoms with Crippen molar-refractivity contribution >= 4 is 17.9 Å². The Morgan fingerprint density at radius 2 is 1.60 bits per heavy atom. The Kier molecular flexibility index (Phi) is 9.49. The molecule has 2 aromatic rings. The number of hydrogen-bond acceptors (Lipinski definition) is 3. The highest BCUT2D eigenvalue weighted by atomic mass is 16.2. The van der Waals surface area contributed by atoms with Crippen LogP contribution < -0.4 is 10.2 Å². The van der Waals surface area contributed by atoms with Gasteiger partial charge in [-0.3, -0.25) is 9.59 Å². The van der Waals surface area contributed by atoms with Crippen molar-refractivity contribution in [3.8, 4) is 0 Å². The third-order valence-corrected chi connectivity index (χ3v) is 7.07. The van der Waals surface area contributed by atoms with E-state index in [0.717, 1.165) is 57.5 Å². The standard InChI is InChI=1S/C29H38N4O2/c34-28-23-27(26-13-5-2-6-14-26)33-22-10-19-31(24-33)18-7-8-20-32(21-9-17-30-28)29(35)16-15-25-11-3-1-4-12-25/h1-6,11-16,27H,7-10,17-24H2,(H,30,34)/p+1. The van der Waals surface area contributed by atoms with Gasteiger partial charge in [0.2, 0.25) is 11.8 Å². The van der Waals surface area contributed by atoms with Crippen LogP contribution in [0.15, 0.2) is 66.7 Å². The Hall–Kier alpha value is -2.96. The lowest BCUT2D eigenvalue weighted by Crippen LogP contribution is -3.14. The maximum Gasteiger partial charge on any atom is 0.246 e. The average Bonchev–Trinajstić information content (AvgIpc) is 2.90. The number of quaternary nitrogens is 1. The van der Waals surface area contributed by atoms with Gasteiger partial charge in [0.15, 0.2) is 0 Å². The number of rotatable bonds is 3. The highest BCUT2D eigenvalue weighted by Crippen LogP contribution is 2.24. The van der Waals surface area contributed by atoms with Gasteiger partial charge in [0.1, 0.15) is 6.67 Å². The molecule has 0 radical (unpaired) electrons. The molecule has 3 atom stereocenters. The van der Waals surface area contributed by atoms with Crippen LogP contribution in [-0.2, 0) is 9.59 Å². The van der Waals surface area contributed by atoms with Gasteiger partial charge in [-0.25, -0.2) is 4.90 Å². The smallest absolute Gasteiger partial charge is 0.246 e. The predicted molar refractivity (Wildman–Crippen MR) is 140 cm³/mol. The molecule has 0 aliphatic carbocycles. The third-order valence-electron chi connectivity index (χ3n) is 7.07. The zero-order chi connectivity index (χ0) is 24.3. The van der Waals surface area contributed by atoms with Crippen LogP contribution in [0.3, 0.4) is 0 Å². The number of nitrogens with one attached hydrogen (secondary N) is 2. The van der Waals surface area contributed by atoms with Crippen LogP contribution in [-0.4, -0.2) is 67.6 Å². The molecule has 2 aliphatic heterocycles. The van der Waals surface area contributed by atoms with Crippen molar-refractivity contribution in [1.29, 1.82) is 0 Å². The summed E-state index contributed by atoms with van der Waals surface area (Å²) >= 11 is 0. The normalized spacial score (nSPS) is 24.9. The number of nitrogens with zero attached hydrogens (tertiary/aromatic N) is 2. The van der Waals surface area contributed by atoms with Crippen molar-refractivity contribution in [2.75, 3.05) is 45.9 Å². The van der Waals surface area contributed by atoms with E-state index in [9.17, 15) is 9.59 Å². The van der Waals surface area contributed by atoms with Crippen LogP contribution in [0.5, 0.6) is 0 Å². The molecule has 0 saturated carbocycles.